The molecule has 1 aliphatic heterocycles. The molecule has 2 amide bonds. The molecular weight excluding hydrogens is 368 g/mol. The molecule has 5 heteroatoms. The molecule has 1 aliphatic rings. The van der Waals surface area contributed by atoms with Crippen molar-refractivity contribution in [1.29, 1.82) is 0 Å². The molecule has 2 aromatic carbocycles. The average Bonchev–Trinajstić information content (AvgIpc) is 2.89. The number of nitrogens with one attached hydrogen (secondary N) is 1. The van der Waals surface area contributed by atoms with Crippen molar-refractivity contribution in [1.82, 2.24) is 0 Å². The average molecular weight is 387 g/mol. The molecule has 1 heterocycles. The fourth-order valence-electron chi connectivity index (χ4n) is 3.14. The van der Waals surface area contributed by atoms with Gasteiger partial charge in [0.15, 0.2) is 0 Å². The molecule has 0 spiro atoms. The molecule has 1 saturated heterocycles. The number of benzene rings is 2. The van der Waals surface area contributed by atoms with Crippen LogP contribution in [-0.2, 0) is 9.59 Å². The van der Waals surface area contributed by atoms with Gasteiger partial charge in [-0.2, -0.15) is 0 Å². The molecule has 1 unspecified atom stereocenters. The summed E-state index contributed by atoms with van der Waals surface area (Å²) >= 11 is 3.39. The molecular formula is C19H19BrN2O2. The van der Waals surface area contributed by atoms with Gasteiger partial charge >= 0.3 is 0 Å². The van der Waals surface area contributed by atoms with Gasteiger partial charge in [-0.05, 0) is 43.2 Å². The number of amides is 2. The third kappa shape index (κ3) is 3.36. The van der Waals surface area contributed by atoms with Crippen molar-refractivity contribution in [2.75, 3.05) is 16.8 Å². The Morgan fingerprint density at radius 2 is 1.83 bits per heavy atom. The van der Waals surface area contributed by atoms with Crippen molar-refractivity contribution in [3.8, 4) is 0 Å². The minimum atomic E-state index is -0.338. The summed E-state index contributed by atoms with van der Waals surface area (Å²) in [5.41, 5.74) is 3.76. The molecule has 0 bridgehead atoms. The van der Waals surface area contributed by atoms with Crippen LogP contribution in [0.25, 0.3) is 0 Å². The first-order chi connectivity index (χ1) is 11.5. The SMILES string of the molecule is Cc1cccc(C)c1N1CC(C(=O)Nc2cccc(Br)c2)CC1=O. The highest BCUT2D eigenvalue weighted by Crippen LogP contribution is 2.31. The van der Waals surface area contributed by atoms with Crippen LogP contribution < -0.4 is 10.2 Å². The van der Waals surface area contributed by atoms with Crippen molar-refractivity contribution >= 4 is 39.1 Å². The normalized spacial score (nSPS) is 17.2. The Morgan fingerprint density at radius 3 is 2.50 bits per heavy atom. The molecule has 24 heavy (non-hydrogen) atoms. The maximum atomic E-state index is 12.5. The van der Waals surface area contributed by atoms with Crippen molar-refractivity contribution < 1.29 is 9.59 Å². The first kappa shape index (κ1) is 16.7. The van der Waals surface area contributed by atoms with Gasteiger partial charge in [0.2, 0.25) is 11.8 Å². The number of para-hydroxylation sites is 1. The maximum Gasteiger partial charge on any atom is 0.229 e. The molecule has 124 valence electrons. The maximum absolute atomic E-state index is 12.5. The highest BCUT2D eigenvalue weighted by molar-refractivity contribution is 9.10. The van der Waals surface area contributed by atoms with Crippen LogP contribution in [0.1, 0.15) is 17.5 Å². The van der Waals surface area contributed by atoms with Gasteiger partial charge in [-0.15, -0.1) is 0 Å². The molecule has 0 aromatic heterocycles. The van der Waals surface area contributed by atoms with E-state index in [9.17, 15) is 9.59 Å². The fourth-order valence-corrected chi connectivity index (χ4v) is 3.54. The van der Waals surface area contributed by atoms with Gasteiger partial charge in [-0.1, -0.05) is 40.2 Å². The van der Waals surface area contributed by atoms with E-state index in [1.54, 1.807) is 4.90 Å². The monoisotopic (exact) mass is 386 g/mol. The lowest BCUT2D eigenvalue weighted by molar-refractivity contribution is -0.122. The molecule has 3 rings (SSSR count). The van der Waals surface area contributed by atoms with Crippen molar-refractivity contribution in [3.63, 3.8) is 0 Å². The van der Waals surface area contributed by atoms with E-state index in [4.69, 9.17) is 0 Å². The van der Waals surface area contributed by atoms with E-state index in [2.05, 4.69) is 21.2 Å². The number of carbonyl (C=O) groups is 2. The van der Waals surface area contributed by atoms with Crippen LogP contribution in [0.2, 0.25) is 0 Å². The number of hydrogen-bond donors (Lipinski definition) is 1. The van der Waals surface area contributed by atoms with Gasteiger partial charge in [0.1, 0.15) is 0 Å². The van der Waals surface area contributed by atoms with E-state index in [0.717, 1.165) is 27.0 Å². The number of hydrogen-bond acceptors (Lipinski definition) is 2. The van der Waals surface area contributed by atoms with Gasteiger partial charge in [0.25, 0.3) is 0 Å². The topological polar surface area (TPSA) is 49.4 Å². The predicted molar refractivity (Wildman–Crippen MR) is 99.1 cm³/mol. The summed E-state index contributed by atoms with van der Waals surface area (Å²) in [7, 11) is 0. The van der Waals surface area contributed by atoms with Gasteiger partial charge < -0.3 is 10.2 Å². The van der Waals surface area contributed by atoms with Crippen molar-refractivity contribution in [2.24, 2.45) is 5.92 Å². The summed E-state index contributed by atoms with van der Waals surface area (Å²) in [4.78, 5) is 26.7. The second kappa shape index (κ2) is 6.77. The van der Waals surface area contributed by atoms with E-state index in [0.29, 0.717) is 6.54 Å². The highest BCUT2D eigenvalue weighted by Gasteiger charge is 2.36. The second-order valence-corrected chi connectivity index (χ2v) is 7.06. The van der Waals surface area contributed by atoms with E-state index in [1.165, 1.54) is 0 Å². The number of rotatable bonds is 3. The Kier molecular flexibility index (Phi) is 4.71. The Hall–Kier alpha value is -2.14. The zero-order chi connectivity index (χ0) is 17.3. The lowest BCUT2D eigenvalue weighted by atomic mass is 10.1. The number of halogens is 1. The number of nitrogens with zero attached hydrogens (tertiary/aromatic N) is 1. The van der Waals surface area contributed by atoms with Crippen molar-refractivity contribution in [3.05, 3.63) is 58.1 Å². The third-order valence-corrected chi connectivity index (χ3v) is 4.79. The standard InChI is InChI=1S/C19H19BrN2O2/c1-12-5-3-6-13(2)18(12)22-11-14(9-17(22)23)19(24)21-16-8-4-7-15(20)10-16/h3-8,10,14H,9,11H2,1-2H3,(H,21,24). The van der Waals surface area contributed by atoms with Crippen LogP contribution in [0.3, 0.4) is 0 Å². The van der Waals surface area contributed by atoms with Crippen LogP contribution >= 0.6 is 15.9 Å². The summed E-state index contributed by atoms with van der Waals surface area (Å²) in [6, 6.07) is 13.4. The van der Waals surface area contributed by atoms with E-state index < -0.39 is 0 Å². The minimum Gasteiger partial charge on any atom is -0.326 e. The Balaban J connectivity index is 1.76. The van der Waals surface area contributed by atoms with Gasteiger partial charge in [0.05, 0.1) is 5.92 Å². The summed E-state index contributed by atoms with van der Waals surface area (Å²) in [5, 5.41) is 2.90. The Bertz CT molecular complexity index is 783. The predicted octanol–water partition coefficient (Wildman–Crippen LogP) is 4.06. The highest BCUT2D eigenvalue weighted by atomic mass is 79.9. The van der Waals surface area contributed by atoms with E-state index in [-0.39, 0.29) is 24.2 Å². The first-order valence-corrected chi connectivity index (χ1v) is 8.68. The number of anilines is 2. The summed E-state index contributed by atoms with van der Waals surface area (Å²) in [5.74, 6) is -0.451. The Morgan fingerprint density at radius 1 is 1.17 bits per heavy atom. The number of aryl methyl sites for hydroxylation is 2. The van der Waals surface area contributed by atoms with Gasteiger partial charge in [0, 0.05) is 28.8 Å². The van der Waals surface area contributed by atoms with Crippen molar-refractivity contribution in [2.45, 2.75) is 20.3 Å². The summed E-state index contributed by atoms with van der Waals surface area (Å²) < 4.78 is 0.903. The van der Waals surface area contributed by atoms with Crippen LogP contribution in [0.4, 0.5) is 11.4 Å². The Labute approximate surface area is 150 Å². The quantitative estimate of drug-likeness (QED) is 0.864. The molecule has 0 radical (unpaired) electrons. The van der Waals surface area contributed by atoms with E-state index >= 15 is 0 Å². The molecule has 1 fully saturated rings. The van der Waals surface area contributed by atoms with Gasteiger partial charge in [-0.3, -0.25) is 9.59 Å². The van der Waals surface area contributed by atoms with Gasteiger partial charge in [-0.25, -0.2) is 0 Å². The zero-order valence-corrected chi connectivity index (χ0v) is 15.3. The molecule has 0 saturated carbocycles. The van der Waals surface area contributed by atoms with Crippen LogP contribution in [0.5, 0.6) is 0 Å². The third-order valence-electron chi connectivity index (χ3n) is 4.30. The molecule has 1 N–H and O–H groups in total. The second-order valence-electron chi connectivity index (χ2n) is 6.15. The summed E-state index contributed by atoms with van der Waals surface area (Å²) in [6.45, 7) is 4.40. The molecule has 2 aromatic rings. The van der Waals surface area contributed by atoms with Crippen LogP contribution in [0, 0.1) is 19.8 Å². The molecule has 1 atom stereocenters. The zero-order valence-electron chi connectivity index (χ0n) is 13.7. The lowest BCUT2D eigenvalue weighted by Gasteiger charge is -2.21. The number of carbonyl (C=O) groups excluding carboxylic acids is 2. The fraction of sp³-hybridized carbons (Fsp3) is 0.263. The molecule has 0 aliphatic carbocycles. The molecule has 4 nitrogen and oxygen atoms in total. The summed E-state index contributed by atoms with van der Waals surface area (Å²) in [6.07, 6.45) is 0.244. The first-order valence-electron chi connectivity index (χ1n) is 7.88. The van der Waals surface area contributed by atoms with Crippen LogP contribution in [-0.4, -0.2) is 18.4 Å². The van der Waals surface area contributed by atoms with Crippen LogP contribution in [0.15, 0.2) is 46.9 Å². The van der Waals surface area contributed by atoms with E-state index in [1.807, 2.05) is 56.3 Å². The minimum absolute atomic E-state index is 0.00166. The lowest BCUT2D eigenvalue weighted by Crippen LogP contribution is -2.29. The largest absolute Gasteiger partial charge is 0.326 e. The smallest absolute Gasteiger partial charge is 0.229 e.